The van der Waals surface area contributed by atoms with Crippen molar-refractivity contribution in [3.05, 3.63) is 0 Å². The molecule has 0 aromatic heterocycles. The molecule has 0 spiro atoms. The van der Waals surface area contributed by atoms with Gasteiger partial charge in [-0.25, -0.2) is 4.79 Å². The van der Waals surface area contributed by atoms with E-state index in [-0.39, 0.29) is 38.2 Å². The van der Waals surface area contributed by atoms with E-state index in [0.717, 1.165) is 38.5 Å². The molecule has 0 aromatic rings. The fraction of sp³-hybridized carbons (Fsp3) is 0.957. The first-order valence-electron chi connectivity index (χ1n) is 35.2. The van der Waals surface area contributed by atoms with Gasteiger partial charge in [0.05, 0.1) is 34.4 Å². The first kappa shape index (κ1) is 77.3. The summed E-state index contributed by atoms with van der Waals surface area (Å²) in [6.07, 6.45) is 70.9. The molecule has 9 heteroatoms. The molecular formula is C70H138NO8+. The molecule has 0 bridgehead atoms. The van der Waals surface area contributed by atoms with Crippen molar-refractivity contribution in [1.29, 1.82) is 0 Å². The Morgan fingerprint density at radius 1 is 0.329 bits per heavy atom. The van der Waals surface area contributed by atoms with Crippen LogP contribution in [0.25, 0.3) is 0 Å². The lowest BCUT2D eigenvalue weighted by Gasteiger charge is -2.25. The van der Waals surface area contributed by atoms with Gasteiger partial charge in [0, 0.05) is 12.8 Å². The van der Waals surface area contributed by atoms with E-state index in [1.54, 1.807) is 0 Å². The molecule has 0 fully saturated rings. The van der Waals surface area contributed by atoms with Gasteiger partial charge in [-0.15, -0.1) is 0 Å². The van der Waals surface area contributed by atoms with Gasteiger partial charge in [-0.2, -0.15) is 0 Å². The molecule has 0 aromatic carbocycles. The van der Waals surface area contributed by atoms with Crippen LogP contribution < -0.4 is 0 Å². The van der Waals surface area contributed by atoms with Crippen molar-refractivity contribution in [3.63, 3.8) is 0 Å². The largest absolute Gasteiger partial charge is 0.477 e. The number of carbonyl (C=O) groups is 3. The Morgan fingerprint density at radius 2 is 0.570 bits per heavy atom. The third kappa shape index (κ3) is 63.7. The Hall–Kier alpha value is -1.71. The van der Waals surface area contributed by atoms with Crippen molar-refractivity contribution in [2.45, 2.75) is 386 Å². The van der Waals surface area contributed by atoms with Crippen molar-refractivity contribution < 1.29 is 42.9 Å². The third-order valence-electron chi connectivity index (χ3n) is 16.4. The Bertz CT molecular complexity index is 1260. The molecule has 9 nitrogen and oxygen atoms in total. The Morgan fingerprint density at radius 3 is 0.810 bits per heavy atom. The van der Waals surface area contributed by atoms with Crippen LogP contribution in [0, 0.1) is 0 Å². The maximum Gasteiger partial charge on any atom is 0.361 e. The minimum Gasteiger partial charge on any atom is -0.477 e. The van der Waals surface area contributed by atoms with Crippen LogP contribution in [-0.4, -0.2) is 87.4 Å². The predicted octanol–water partition coefficient (Wildman–Crippen LogP) is 21.5. The Kier molecular flexibility index (Phi) is 61.0. The van der Waals surface area contributed by atoms with E-state index in [1.807, 2.05) is 21.1 Å². The van der Waals surface area contributed by atoms with Crippen LogP contribution in [-0.2, 0) is 33.3 Å². The molecule has 0 heterocycles. The van der Waals surface area contributed by atoms with E-state index in [4.69, 9.17) is 18.9 Å². The zero-order valence-electron chi connectivity index (χ0n) is 53.8. The number of rotatable bonds is 67. The monoisotopic (exact) mass is 1120 g/mol. The fourth-order valence-electron chi connectivity index (χ4n) is 11.0. The summed E-state index contributed by atoms with van der Waals surface area (Å²) in [6.45, 7) is 4.97. The first-order valence-corrected chi connectivity index (χ1v) is 35.2. The lowest BCUT2D eigenvalue weighted by atomic mass is 10.0. The third-order valence-corrected chi connectivity index (χ3v) is 16.4. The Balaban J connectivity index is 4.01. The van der Waals surface area contributed by atoms with Crippen molar-refractivity contribution in [1.82, 2.24) is 0 Å². The van der Waals surface area contributed by atoms with Gasteiger partial charge in [0.15, 0.2) is 6.10 Å². The zero-order chi connectivity index (χ0) is 57.6. The molecule has 0 rings (SSSR count). The summed E-state index contributed by atoms with van der Waals surface area (Å²) >= 11 is 0. The highest BCUT2D eigenvalue weighted by atomic mass is 16.7. The van der Waals surface area contributed by atoms with Crippen molar-refractivity contribution >= 4 is 17.9 Å². The SMILES string of the molecule is CCCCCCCCCCCCCCCCCCCCCCCCCCCCCCCCCCCC(=O)OC(COC(=O)CCCCCCCCCCCCCCCCCCCCCCC)COC(OCC[N+](C)(C)C)C(=O)O. The lowest BCUT2D eigenvalue weighted by Crippen LogP contribution is -2.40. The van der Waals surface area contributed by atoms with Gasteiger partial charge in [-0.3, -0.25) is 9.59 Å². The minimum atomic E-state index is -1.50. The van der Waals surface area contributed by atoms with E-state index in [1.165, 1.54) is 308 Å². The van der Waals surface area contributed by atoms with Crippen LogP contribution >= 0.6 is 0 Å². The smallest absolute Gasteiger partial charge is 0.361 e. The normalized spacial score (nSPS) is 12.6. The zero-order valence-corrected chi connectivity index (χ0v) is 53.8. The van der Waals surface area contributed by atoms with Gasteiger partial charge < -0.3 is 28.5 Å². The van der Waals surface area contributed by atoms with E-state index in [9.17, 15) is 19.5 Å². The summed E-state index contributed by atoms with van der Waals surface area (Å²) in [5.74, 6) is -1.97. The standard InChI is InChI=1S/C70H137NO8/c1-6-8-10-12-14-16-18-20-22-24-26-28-29-30-31-32-33-34-35-36-37-38-39-41-43-45-47-49-51-53-55-57-59-61-68(73)79-66(65-78-70(69(74)75)76-63-62-71(3,4)5)64-77-67(72)60-58-56-54-52-50-48-46-44-42-40-27-25-23-21-19-17-15-13-11-9-7-2/h66,70H,6-65H2,1-5H3/p+1. The van der Waals surface area contributed by atoms with E-state index in [0.29, 0.717) is 17.4 Å². The number of carbonyl (C=O) groups excluding carboxylic acids is 2. The molecule has 0 radical (unpaired) electrons. The quantitative estimate of drug-likeness (QED) is 0.0278. The Labute approximate surface area is 492 Å². The fourth-order valence-corrected chi connectivity index (χ4v) is 11.0. The summed E-state index contributed by atoms with van der Waals surface area (Å²) in [7, 11) is 5.99. The van der Waals surface area contributed by atoms with Crippen LogP contribution in [0.2, 0.25) is 0 Å². The molecule has 470 valence electrons. The number of carboxylic acids is 1. The van der Waals surface area contributed by atoms with Crippen molar-refractivity contribution in [2.24, 2.45) is 0 Å². The van der Waals surface area contributed by atoms with Crippen LogP contribution in [0.15, 0.2) is 0 Å². The first-order chi connectivity index (χ1) is 38.6. The van der Waals surface area contributed by atoms with Crippen LogP contribution in [0.3, 0.4) is 0 Å². The summed E-state index contributed by atoms with van der Waals surface area (Å²) in [4.78, 5) is 37.6. The van der Waals surface area contributed by atoms with Gasteiger partial charge >= 0.3 is 17.9 Å². The highest BCUT2D eigenvalue weighted by Crippen LogP contribution is 2.20. The number of aliphatic carboxylic acids is 1. The number of unbranched alkanes of at least 4 members (excludes halogenated alkanes) is 52. The molecular weight excluding hydrogens is 983 g/mol. The van der Waals surface area contributed by atoms with Crippen LogP contribution in [0.4, 0.5) is 0 Å². The highest BCUT2D eigenvalue weighted by Gasteiger charge is 2.25. The number of ether oxygens (including phenoxy) is 4. The average molecular weight is 1120 g/mol. The average Bonchev–Trinajstić information content (AvgIpc) is 3.42. The van der Waals surface area contributed by atoms with Crippen LogP contribution in [0.5, 0.6) is 0 Å². The summed E-state index contributed by atoms with van der Waals surface area (Å²) in [6, 6.07) is 0. The summed E-state index contributed by atoms with van der Waals surface area (Å²) in [5, 5.41) is 9.74. The number of hydrogen-bond acceptors (Lipinski definition) is 7. The van der Waals surface area contributed by atoms with Gasteiger partial charge in [-0.1, -0.05) is 348 Å². The maximum atomic E-state index is 12.9. The van der Waals surface area contributed by atoms with E-state index < -0.39 is 18.4 Å². The maximum absolute atomic E-state index is 12.9. The molecule has 0 amide bonds. The molecule has 0 aliphatic carbocycles. The molecule has 2 atom stereocenters. The second-order valence-corrected chi connectivity index (χ2v) is 25.6. The number of nitrogens with zero attached hydrogens (tertiary/aromatic N) is 1. The van der Waals surface area contributed by atoms with E-state index in [2.05, 4.69) is 13.8 Å². The van der Waals surface area contributed by atoms with Crippen molar-refractivity contribution in [2.75, 3.05) is 47.5 Å². The predicted molar refractivity (Wildman–Crippen MR) is 337 cm³/mol. The van der Waals surface area contributed by atoms with E-state index >= 15 is 0 Å². The molecule has 2 unspecified atom stereocenters. The summed E-state index contributed by atoms with van der Waals surface area (Å²) < 4.78 is 23.0. The minimum absolute atomic E-state index is 0.172. The van der Waals surface area contributed by atoms with Gasteiger partial charge in [0.25, 0.3) is 6.29 Å². The summed E-state index contributed by atoms with van der Waals surface area (Å²) in [5.41, 5.74) is 0. The molecule has 1 N–H and O–H groups in total. The molecule has 0 aliphatic heterocycles. The van der Waals surface area contributed by atoms with Crippen LogP contribution in [0.1, 0.15) is 373 Å². The second-order valence-electron chi connectivity index (χ2n) is 25.6. The number of carboxylic acid groups (broad SMARTS) is 1. The van der Waals surface area contributed by atoms with Gasteiger partial charge in [0.2, 0.25) is 0 Å². The molecule has 0 saturated carbocycles. The second kappa shape index (κ2) is 62.3. The highest BCUT2D eigenvalue weighted by molar-refractivity contribution is 5.71. The molecule has 0 saturated heterocycles. The number of esters is 2. The molecule has 0 aliphatic rings. The van der Waals surface area contributed by atoms with Gasteiger partial charge in [0.1, 0.15) is 13.2 Å². The number of likely N-dealkylation sites (N-methyl/N-ethyl adjacent to an activating group) is 1. The lowest BCUT2D eigenvalue weighted by molar-refractivity contribution is -0.870. The number of hydrogen-bond donors (Lipinski definition) is 1. The van der Waals surface area contributed by atoms with Crippen molar-refractivity contribution in [3.8, 4) is 0 Å². The van der Waals surface area contributed by atoms with Gasteiger partial charge in [-0.05, 0) is 12.8 Å². The number of quaternary nitrogens is 1. The molecule has 79 heavy (non-hydrogen) atoms. The topological polar surface area (TPSA) is 108 Å².